The number of carbonyl (C=O) groups excluding carboxylic acids is 1. The van der Waals surface area contributed by atoms with E-state index < -0.39 is 5.97 Å². The van der Waals surface area contributed by atoms with Crippen molar-refractivity contribution in [3.05, 3.63) is 77.1 Å². The first-order valence-electron chi connectivity index (χ1n) is 9.95. The van der Waals surface area contributed by atoms with Gasteiger partial charge in [0.2, 0.25) is 0 Å². The summed E-state index contributed by atoms with van der Waals surface area (Å²) in [5, 5.41) is 19.9. The van der Waals surface area contributed by atoms with E-state index >= 15 is 0 Å². The summed E-state index contributed by atoms with van der Waals surface area (Å²) >= 11 is 0. The number of benzene rings is 2. The zero-order valence-electron chi connectivity index (χ0n) is 16.5. The quantitative estimate of drug-likeness (QED) is 0.646. The summed E-state index contributed by atoms with van der Waals surface area (Å²) in [4.78, 5) is 25.6. The van der Waals surface area contributed by atoms with Crippen molar-refractivity contribution >= 4 is 11.9 Å². The second-order valence-electron chi connectivity index (χ2n) is 7.70. The van der Waals surface area contributed by atoms with Crippen LogP contribution in [-0.4, -0.2) is 55.2 Å². The second kappa shape index (κ2) is 8.86. The summed E-state index contributed by atoms with van der Waals surface area (Å²) in [5.41, 5.74) is 3.70. The first kappa shape index (κ1) is 19.8. The van der Waals surface area contributed by atoms with Gasteiger partial charge in [0.25, 0.3) is 5.91 Å². The van der Waals surface area contributed by atoms with Crippen molar-refractivity contribution in [1.82, 2.24) is 25.1 Å². The van der Waals surface area contributed by atoms with Crippen molar-refractivity contribution in [1.29, 1.82) is 0 Å². The first-order valence-corrected chi connectivity index (χ1v) is 9.95. The molecule has 1 amide bonds. The third-order valence-electron chi connectivity index (χ3n) is 5.41. The second-order valence-corrected chi connectivity index (χ2v) is 7.70. The van der Waals surface area contributed by atoms with Gasteiger partial charge in [0.1, 0.15) is 6.33 Å². The van der Waals surface area contributed by atoms with Crippen LogP contribution in [0, 0.1) is 5.92 Å². The number of rotatable bonds is 7. The average molecular weight is 405 g/mol. The topological polar surface area (TPSA) is 101 Å². The largest absolute Gasteiger partial charge is 0.481 e. The van der Waals surface area contributed by atoms with Gasteiger partial charge in [-0.05, 0) is 58.0 Å². The van der Waals surface area contributed by atoms with E-state index in [1.807, 2.05) is 53.4 Å². The van der Waals surface area contributed by atoms with Gasteiger partial charge in [-0.25, -0.2) is 4.68 Å². The van der Waals surface area contributed by atoms with Crippen molar-refractivity contribution in [2.45, 2.75) is 25.8 Å². The van der Waals surface area contributed by atoms with Crippen LogP contribution in [0.25, 0.3) is 0 Å². The molecule has 1 aliphatic rings. The van der Waals surface area contributed by atoms with Gasteiger partial charge < -0.3 is 10.0 Å². The fraction of sp³-hybridized carbons (Fsp3) is 0.318. The van der Waals surface area contributed by atoms with E-state index in [0.717, 1.165) is 37.1 Å². The summed E-state index contributed by atoms with van der Waals surface area (Å²) in [6.45, 7) is 2.06. The van der Waals surface area contributed by atoms with Crippen LogP contribution in [0.3, 0.4) is 0 Å². The number of hydrogen-bond donors (Lipinski definition) is 1. The third-order valence-corrected chi connectivity index (χ3v) is 5.41. The Balaban J connectivity index is 1.31. The fourth-order valence-corrected chi connectivity index (χ4v) is 3.86. The number of likely N-dealkylation sites (tertiary alicyclic amines) is 1. The van der Waals surface area contributed by atoms with Gasteiger partial charge in [0.05, 0.1) is 13.0 Å². The fourth-order valence-electron chi connectivity index (χ4n) is 3.86. The van der Waals surface area contributed by atoms with Crippen LogP contribution in [0.1, 0.15) is 33.5 Å². The number of aromatic nitrogens is 4. The van der Waals surface area contributed by atoms with Crippen molar-refractivity contribution < 1.29 is 14.7 Å². The smallest absolute Gasteiger partial charge is 0.307 e. The number of carboxylic acids is 1. The molecule has 1 aromatic heterocycles. The lowest BCUT2D eigenvalue weighted by Gasteiger charge is -2.17. The minimum absolute atomic E-state index is 0.0422. The van der Waals surface area contributed by atoms with Crippen LogP contribution in [0.4, 0.5) is 0 Å². The number of carbonyl (C=O) groups is 2. The molecule has 1 N–H and O–H groups in total. The molecule has 0 saturated carbocycles. The number of tetrazole rings is 1. The molecular weight excluding hydrogens is 382 g/mol. The Morgan fingerprint density at radius 1 is 1.00 bits per heavy atom. The maximum atomic E-state index is 12.9. The predicted molar refractivity (Wildman–Crippen MR) is 109 cm³/mol. The van der Waals surface area contributed by atoms with Crippen molar-refractivity contribution in [2.75, 3.05) is 13.1 Å². The number of carboxylic acid groups (broad SMARTS) is 1. The Kier molecular flexibility index (Phi) is 5.83. The lowest BCUT2D eigenvalue weighted by atomic mass is 9.97. The third kappa shape index (κ3) is 4.89. The molecule has 1 saturated heterocycles. The molecule has 2 heterocycles. The number of nitrogens with zero attached hydrogens (tertiary/aromatic N) is 5. The normalized spacial score (nSPS) is 16.0. The Morgan fingerprint density at radius 3 is 2.37 bits per heavy atom. The van der Waals surface area contributed by atoms with Crippen LogP contribution >= 0.6 is 0 Å². The molecule has 0 aliphatic carbocycles. The van der Waals surface area contributed by atoms with Crippen LogP contribution in [0.15, 0.2) is 54.9 Å². The minimum Gasteiger partial charge on any atom is -0.481 e. The summed E-state index contributed by atoms with van der Waals surface area (Å²) in [7, 11) is 0. The monoisotopic (exact) mass is 405 g/mol. The molecule has 154 valence electrons. The number of aliphatic carboxylic acids is 1. The molecule has 0 spiro atoms. The van der Waals surface area contributed by atoms with Crippen molar-refractivity contribution in [3.8, 4) is 0 Å². The Labute approximate surface area is 174 Å². The van der Waals surface area contributed by atoms with E-state index in [0.29, 0.717) is 18.0 Å². The Hall–Kier alpha value is -3.55. The standard InChI is InChI=1S/C22H23N5O3/c28-21(29)12-17-3-1-16(2-4-17)11-19-9-10-26(13-19)22(30)20-7-5-18(6-8-20)14-27-15-23-24-25-27/h1-8,15,19H,9-14H2,(H,28,29). The zero-order valence-corrected chi connectivity index (χ0v) is 16.5. The molecule has 1 unspecified atom stereocenters. The Morgan fingerprint density at radius 2 is 1.70 bits per heavy atom. The van der Waals surface area contributed by atoms with E-state index in [1.165, 1.54) is 5.56 Å². The van der Waals surface area contributed by atoms with E-state index in [-0.39, 0.29) is 12.3 Å². The maximum Gasteiger partial charge on any atom is 0.307 e. The summed E-state index contributed by atoms with van der Waals surface area (Å²) < 4.78 is 1.64. The molecule has 8 heteroatoms. The van der Waals surface area contributed by atoms with Crippen LogP contribution in [0.2, 0.25) is 0 Å². The number of amides is 1. The highest BCUT2D eigenvalue weighted by Crippen LogP contribution is 2.23. The van der Waals surface area contributed by atoms with Gasteiger partial charge in [-0.2, -0.15) is 0 Å². The van der Waals surface area contributed by atoms with Gasteiger partial charge in [-0.1, -0.05) is 36.4 Å². The highest BCUT2D eigenvalue weighted by atomic mass is 16.4. The van der Waals surface area contributed by atoms with Gasteiger partial charge in [-0.3, -0.25) is 9.59 Å². The van der Waals surface area contributed by atoms with Gasteiger partial charge >= 0.3 is 5.97 Å². The maximum absolute atomic E-state index is 12.9. The molecule has 1 atom stereocenters. The van der Waals surface area contributed by atoms with Gasteiger partial charge in [-0.15, -0.1) is 5.10 Å². The molecule has 2 aromatic carbocycles. The van der Waals surface area contributed by atoms with E-state index in [4.69, 9.17) is 5.11 Å². The van der Waals surface area contributed by atoms with Gasteiger partial charge in [0.15, 0.2) is 0 Å². The van der Waals surface area contributed by atoms with Crippen molar-refractivity contribution in [3.63, 3.8) is 0 Å². The van der Waals surface area contributed by atoms with Crippen LogP contribution in [-0.2, 0) is 24.2 Å². The summed E-state index contributed by atoms with van der Waals surface area (Å²) in [6.07, 6.45) is 3.46. The van der Waals surface area contributed by atoms with Gasteiger partial charge in [0, 0.05) is 18.7 Å². The van der Waals surface area contributed by atoms with Crippen LogP contribution in [0.5, 0.6) is 0 Å². The molecule has 1 aliphatic heterocycles. The highest BCUT2D eigenvalue weighted by Gasteiger charge is 2.27. The lowest BCUT2D eigenvalue weighted by Crippen LogP contribution is -2.28. The highest BCUT2D eigenvalue weighted by molar-refractivity contribution is 5.94. The molecule has 1 fully saturated rings. The first-order chi connectivity index (χ1) is 14.6. The molecule has 3 aromatic rings. The number of hydrogen-bond acceptors (Lipinski definition) is 5. The molecular formula is C22H23N5O3. The van der Waals surface area contributed by atoms with E-state index in [1.54, 1.807) is 11.0 Å². The molecule has 30 heavy (non-hydrogen) atoms. The van der Waals surface area contributed by atoms with E-state index in [2.05, 4.69) is 15.5 Å². The summed E-state index contributed by atoms with van der Waals surface area (Å²) in [5.74, 6) is -0.349. The predicted octanol–water partition coefficient (Wildman–Crippen LogP) is 2.05. The molecule has 8 nitrogen and oxygen atoms in total. The summed E-state index contributed by atoms with van der Waals surface area (Å²) in [6, 6.07) is 15.3. The van der Waals surface area contributed by atoms with E-state index in [9.17, 15) is 9.59 Å². The minimum atomic E-state index is -0.823. The average Bonchev–Trinajstić information content (AvgIpc) is 3.41. The molecule has 4 rings (SSSR count). The van der Waals surface area contributed by atoms with Crippen molar-refractivity contribution in [2.24, 2.45) is 5.92 Å². The SMILES string of the molecule is O=C(O)Cc1ccc(CC2CCN(C(=O)c3ccc(Cn4cnnn4)cc3)C2)cc1. The van der Waals surface area contributed by atoms with Crippen LogP contribution < -0.4 is 0 Å². The molecule has 0 bridgehead atoms. The zero-order chi connectivity index (χ0) is 20.9. The lowest BCUT2D eigenvalue weighted by molar-refractivity contribution is -0.136. The molecule has 0 radical (unpaired) electrons. The Bertz CT molecular complexity index is 1000.